The van der Waals surface area contributed by atoms with E-state index in [2.05, 4.69) is 0 Å². The summed E-state index contributed by atoms with van der Waals surface area (Å²) in [6, 6.07) is 7.53. The molecule has 0 aliphatic carbocycles. The molecule has 0 bridgehead atoms. The van der Waals surface area contributed by atoms with Crippen molar-refractivity contribution in [2.45, 2.75) is 17.6 Å². The number of ether oxygens (including phenoxy) is 2. The molecule has 1 fully saturated rings. The maximum atomic E-state index is 11.2. The number of hydrogen-bond donors (Lipinski definition) is 0. The summed E-state index contributed by atoms with van der Waals surface area (Å²) >= 11 is 0. The minimum atomic E-state index is -0.924. The third-order valence-corrected chi connectivity index (χ3v) is 3.25. The lowest BCUT2D eigenvalue weighted by atomic mass is 10.2. The molecule has 1 heterocycles. The molecule has 0 aromatic heterocycles. The first-order chi connectivity index (χ1) is 7.27. The van der Waals surface area contributed by atoms with Crippen molar-refractivity contribution in [1.82, 2.24) is 0 Å². The lowest BCUT2D eigenvalue weighted by Gasteiger charge is -2.23. The highest BCUT2D eigenvalue weighted by Gasteiger charge is 2.16. The fraction of sp³-hybridized carbons (Fsp3) is 0.455. The molecule has 1 aromatic carbocycles. The quantitative estimate of drug-likeness (QED) is 0.772. The molecule has 82 valence electrons. The van der Waals surface area contributed by atoms with Gasteiger partial charge >= 0.3 is 0 Å². The second-order valence-electron chi connectivity index (χ2n) is 3.45. The Hall–Kier alpha value is -0.710. The van der Waals surface area contributed by atoms with Crippen molar-refractivity contribution >= 4 is 10.8 Å². The SMILES string of the molecule is C[S@](=O)c1ccc(C2OCCCO2)cc1. The number of rotatable bonds is 2. The molecule has 0 saturated carbocycles. The fourth-order valence-corrected chi connectivity index (χ4v) is 2.02. The maximum Gasteiger partial charge on any atom is 0.183 e. The molecule has 0 spiro atoms. The molecule has 0 amide bonds. The Bertz CT molecular complexity index is 341. The smallest absolute Gasteiger partial charge is 0.183 e. The Morgan fingerprint density at radius 1 is 1.20 bits per heavy atom. The van der Waals surface area contributed by atoms with Gasteiger partial charge in [0.05, 0.1) is 13.2 Å². The molecule has 4 heteroatoms. The summed E-state index contributed by atoms with van der Waals surface area (Å²) in [5.74, 6) is 0. The van der Waals surface area contributed by atoms with E-state index in [4.69, 9.17) is 9.47 Å². The molecule has 15 heavy (non-hydrogen) atoms. The fourth-order valence-electron chi connectivity index (χ4n) is 1.50. The Balaban J connectivity index is 2.11. The molecule has 0 unspecified atom stereocenters. The molecule has 1 aromatic rings. The van der Waals surface area contributed by atoms with Crippen molar-refractivity contribution in [1.29, 1.82) is 0 Å². The predicted octanol–water partition coefficient (Wildman–Crippen LogP) is 1.86. The van der Waals surface area contributed by atoms with Crippen LogP contribution in [0.2, 0.25) is 0 Å². The van der Waals surface area contributed by atoms with Gasteiger partial charge in [0.1, 0.15) is 0 Å². The lowest BCUT2D eigenvalue weighted by Crippen LogP contribution is -2.17. The molecule has 1 atom stereocenters. The van der Waals surface area contributed by atoms with E-state index in [1.807, 2.05) is 24.3 Å². The minimum absolute atomic E-state index is 0.252. The van der Waals surface area contributed by atoms with Crippen molar-refractivity contribution in [3.8, 4) is 0 Å². The standard InChI is InChI=1S/C11H14O3S/c1-15(12)10-5-3-9(4-6-10)11-13-7-2-8-14-11/h3-6,11H,2,7-8H2,1H3/t15-/m0/s1. The van der Waals surface area contributed by atoms with Crippen molar-refractivity contribution in [2.75, 3.05) is 19.5 Å². The normalized spacial score (nSPS) is 20.1. The van der Waals surface area contributed by atoms with Gasteiger partial charge in [-0.15, -0.1) is 0 Å². The first-order valence-electron chi connectivity index (χ1n) is 4.94. The van der Waals surface area contributed by atoms with Gasteiger partial charge in [-0.05, 0) is 18.6 Å². The topological polar surface area (TPSA) is 35.5 Å². The summed E-state index contributed by atoms with van der Waals surface area (Å²) in [5, 5.41) is 0. The van der Waals surface area contributed by atoms with E-state index in [1.165, 1.54) is 0 Å². The Morgan fingerprint density at radius 2 is 1.80 bits per heavy atom. The summed E-state index contributed by atoms with van der Waals surface area (Å²) in [4.78, 5) is 0.828. The largest absolute Gasteiger partial charge is 0.348 e. The van der Waals surface area contributed by atoms with E-state index < -0.39 is 10.8 Å². The van der Waals surface area contributed by atoms with E-state index >= 15 is 0 Å². The van der Waals surface area contributed by atoms with Crippen LogP contribution in [-0.4, -0.2) is 23.7 Å². The zero-order chi connectivity index (χ0) is 10.7. The summed E-state index contributed by atoms with van der Waals surface area (Å²) in [6.45, 7) is 1.48. The lowest BCUT2D eigenvalue weighted by molar-refractivity contribution is -0.183. The van der Waals surface area contributed by atoms with Crippen LogP contribution in [-0.2, 0) is 20.3 Å². The van der Waals surface area contributed by atoms with E-state index in [1.54, 1.807) is 6.26 Å². The van der Waals surface area contributed by atoms with Gasteiger partial charge in [0.25, 0.3) is 0 Å². The van der Waals surface area contributed by atoms with Crippen molar-refractivity contribution in [2.24, 2.45) is 0 Å². The van der Waals surface area contributed by atoms with Gasteiger partial charge in [-0.25, -0.2) is 0 Å². The summed E-state index contributed by atoms with van der Waals surface area (Å²) in [6.07, 6.45) is 2.37. The maximum absolute atomic E-state index is 11.2. The zero-order valence-electron chi connectivity index (χ0n) is 8.64. The molecule has 3 nitrogen and oxygen atoms in total. The first-order valence-corrected chi connectivity index (χ1v) is 6.50. The van der Waals surface area contributed by atoms with Crippen molar-refractivity contribution in [3.63, 3.8) is 0 Å². The van der Waals surface area contributed by atoms with Gasteiger partial charge in [0.15, 0.2) is 6.29 Å². The summed E-state index contributed by atoms with van der Waals surface area (Å²) in [7, 11) is -0.924. The highest BCUT2D eigenvalue weighted by atomic mass is 32.2. The second kappa shape index (κ2) is 4.88. The van der Waals surface area contributed by atoms with Crippen molar-refractivity contribution in [3.05, 3.63) is 29.8 Å². The van der Waals surface area contributed by atoms with Gasteiger partial charge in [0, 0.05) is 27.5 Å². The highest BCUT2D eigenvalue weighted by Crippen LogP contribution is 2.23. The molecule has 0 N–H and O–H groups in total. The molecular formula is C11H14O3S. The third kappa shape index (κ3) is 2.65. The van der Waals surface area contributed by atoms with Crippen LogP contribution < -0.4 is 0 Å². The van der Waals surface area contributed by atoms with E-state index in [9.17, 15) is 4.21 Å². The molecule has 1 saturated heterocycles. The third-order valence-electron chi connectivity index (χ3n) is 2.31. The monoisotopic (exact) mass is 226 g/mol. The van der Waals surface area contributed by atoms with E-state index in [0.717, 1.165) is 30.1 Å². The van der Waals surface area contributed by atoms with Gasteiger partial charge in [-0.1, -0.05) is 12.1 Å². The zero-order valence-corrected chi connectivity index (χ0v) is 9.46. The minimum Gasteiger partial charge on any atom is -0.348 e. The predicted molar refractivity (Wildman–Crippen MR) is 58.0 cm³/mol. The molecule has 1 aliphatic heterocycles. The molecular weight excluding hydrogens is 212 g/mol. The van der Waals surface area contributed by atoms with Crippen LogP contribution in [0.25, 0.3) is 0 Å². The average molecular weight is 226 g/mol. The van der Waals surface area contributed by atoms with Crippen LogP contribution >= 0.6 is 0 Å². The van der Waals surface area contributed by atoms with Crippen LogP contribution in [0.1, 0.15) is 18.3 Å². The summed E-state index contributed by atoms with van der Waals surface area (Å²) < 4.78 is 22.1. The average Bonchev–Trinajstić information content (AvgIpc) is 2.30. The first kappa shape index (κ1) is 10.8. The van der Waals surface area contributed by atoms with Gasteiger partial charge in [-0.3, -0.25) is 4.21 Å². The van der Waals surface area contributed by atoms with Crippen LogP contribution in [0.15, 0.2) is 29.2 Å². The van der Waals surface area contributed by atoms with Crippen LogP contribution in [0.4, 0.5) is 0 Å². The number of benzene rings is 1. The Kier molecular flexibility index (Phi) is 3.51. The van der Waals surface area contributed by atoms with Gasteiger partial charge in [-0.2, -0.15) is 0 Å². The molecule has 2 rings (SSSR count). The molecule has 1 aliphatic rings. The van der Waals surface area contributed by atoms with E-state index in [0.29, 0.717) is 0 Å². The van der Waals surface area contributed by atoms with Crippen LogP contribution in [0, 0.1) is 0 Å². The van der Waals surface area contributed by atoms with Crippen LogP contribution in [0.3, 0.4) is 0 Å². The van der Waals surface area contributed by atoms with Crippen molar-refractivity contribution < 1.29 is 13.7 Å². The Morgan fingerprint density at radius 3 is 2.33 bits per heavy atom. The van der Waals surface area contributed by atoms with Gasteiger partial charge < -0.3 is 9.47 Å². The Labute approximate surface area is 91.9 Å². The van der Waals surface area contributed by atoms with E-state index in [-0.39, 0.29) is 6.29 Å². The molecule has 0 radical (unpaired) electrons. The highest BCUT2D eigenvalue weighted by molar-refractivity contribution is 7.84. The summed E-state index contributed by atoms with van der Waals surface area (Å²) in [5.41, 5.74) is 0.990. The van der Waals surface area contributed by atoms with Gasteiger partial charge in [0.2, 0.25) is 0 Å². The second-order valence-corrected chi connectivity index (χ2v) is 4.83. The van der Waals surface area contributed by atoms with Crippen LogP contribution in [0.5, 0.6) is 0 Å². The number of hydrogen-bond acceptors (Lipinski definition) is 3.